The van der Waals surface area contributed by atoms with Crippen LogP contribution in [0.15, 0.2) is 30.3 Å². The maximum Gasteiger partial charge on any atom is 0.376 e. The first-order chi connectivity index (χ1) is 9.54. The van der Waals surface area contributed by atoms with Gasteiger partial charge in [0, 0.05) is 12.0 Å². The molecule has 0 aliphatic rings. The number of carboxylic acid groups (broad SMARTS) is 1. The third-order valence-electron chi connectivity index (χ3n) is 2.57. The summed E-state index contributed by atoms with van der Waals surface area (Å²) in [7, 11) is 0. The van der Waals surface area contributed by atoms with E-state index in [4.69, 9.17) is 9.84 Å². The van der Waals surface area contributed by atoms with Crippen LogP contribution in [-0.4, -0.2) is 40.6 Å². The van der Waals surface area contributed by atoms with Gasteiger partial charge in [0.25, 0.3) is 6.04 Å². The van der Waals surface area contributed by atoms with E-state index in [9.17, 15) is 14.8 Å². The number of hydrogen-bond donors (Lipinski definition) is 1. The molecule has 0 heterocycles. The molecule has 6 nitrogen and oxygen atoms in total. The lowest BCUT2D eigenvalue weighted by atomic mass is 10.1. The van der Waals surface area contributed by atoms with Crippen LogP contribution in [0.25, 0.3) is 0 Å². The lowest BCUT2D eigenvalue weighted by molar-refractivity contribution is -0.485. The first kappa shape index (κ1) is 15.7. The smallest absolute Gasteiger partial charge is 0.376 e. The lowest BCUT2D eigenvalue weighted by Gasteiger charge is -2.14. The van der Waals surface area contributed by atoms with Crippen LogP contribution in [-0.2, 0) is 14.3 Å². The summed E-state index contributed by atoms with van der Waals surface area (Å²) in [6.45, 7) is 1.77. The van der Waals surface area contributed by atoms with Crippen LogP contribution in [0.5, 0.6) is 0 Å². The van der Waals surface area contributed by atoms with E-state index in [0.717, 1.165) is 0 Å². The zero-order valence-corrected chi connectivity index (χ0v) is 11.2. The highest BCUT2D eigenvalue weighted by Crippen LogP contribution is 2.06. The number of hydroxylamine groups is 1. The standard InChI is InChI=1S/C14H17NO5/c1-2-20-14(18)12(8-9-13(16)17)15(19)10-11-6-4-3-5-7-11/h3-7,10,12H,2,8-9H2,1H3,(H,16,17)/b15-10-. The van der Waals surface area contributed by atoms with Crippen molar-refractivity contribution in [3.8, 4) is 0 Å². The number of rotatable bonds is 7. The molecule has 1 unspecified atom stereocenters. The van der Waals surface area contributed by atoms with Gasteiger partial charge in [-0.25, -0.2) is 4.79 Å². The summed E-state index contributed by atoms with van der Waals surface area (Å²) in [6.07, 6.45) is 0.884. The Bertz CT molecular complexity index is 484. The molecule has 0 radical (unpaired) electrons. The van der Waals surface area contributed by atoms with Gasteiger partial charge in [-0.15, -0.1) is 0 Å². The fourth-order valence-corrected chi connectivity index (χ4v) is 1.62. The van der Waals surface area contributed by atoms with Gasteiger partial charge < -0.3 is 15.1 Å². The predicted molar refractivity (Wildman–Crippen MR) is 72.5 cm³/mol. The highest BCUT2D eigenvalue weighted by molar-refractivity contribution is 5.79. The number of carboxylic acids is 1. The van der Waals surface area contributed by atoms with Gasteiger partial charge in [-0.1, -0.05) is 18.2 Å². The fourth-order valence-electron chi connectivity index (χ4n) is 1.62. The van der Waals surface area contributed by atoms with Crippen molar-refractivity contribution in [3.05, 3.63) is 41.1 Å². The zero-order chi connectivity index (χ0) is 15.0. The first-order valence-corrected chi connectivity index (χ1v) is 6.28. The molecule has 1 aromatic carbocycles. The Balaban J connectivity index is 2.88. The van der Waals surface area contributed by atoms with Gasteiger partial charge in [-0.05, 0) is 19.1 Å². The van der Waals surface area contributed by atoms with Crippen molar-refractivity contribution in [3.63, 3.8) is 0 Å². The summed E-state index contributed by atoms with van der Waals surface area (Å²) in [6, 6.07) is 7.60. The molecule has 1 aromatic rings. The Morgan fingerprint density at radius 2 is 2.05 bits per heavy atom. The topological polar surface area (TPSA) is 89.7 Å². The number of esters is 1. The van der Waals surface area contributed by atoms with Crippen LogP contribution in [0.4, 0.5) is 0 Å². The second-order valence-electron chi connectivity index (χ2n) is 4.10. The summed E-state index contributed by atoms with van der Waals surface area (Å²) in [5.74, 6) is -1.77. The summed E-state index contributed by atoms with van der Waals surface area (Å²) < 4.78 is 5.26. The van der Waals surface area contributed by atoms with Crippen molar-refractivity contribution in [2.45, 2.75) is 25.8 Å². The third kappa shape index (κ3) is 5.09. The van der Waals surface area contributed by atoms with Gasteiger partial charge >= 0.3 is 11.9 Å². The number of carbonyl (C=O) groups is 2. The molecule has 1 rings (SSSR count). The van der Waals surface area contributed by atoms with E-state index in [-0.39, 0.29) is 19.4 Å². The quantitative estimate of drug-likeness (QED) is 0.268. The van der Waals surface area contributed by atoms with Crippen molar-refractivity contribution < 1.29 is 24.2 Å². The summed E-state index contributed by atoms with van der Waals surface area (Å²) in [5.41, 5.74) is 0.632. The SMILES string of the molecule is CCOC(=O)C(CCC(=O)O)/[N+]([O-])=C/c1ccccc1. The molecular formula is C14H17NO5. The second kappa shape index (κ2) is 7.93. The van der Waals surface area contributed by atoms with Crippen LogP contribution in [0.2, 0.25) is 0 Å². The Labute approximate surface area is 116 Å². The molecule has 0 spiro atoms. The number of benzene rings is 1. The molecule has 0 saturated carbocycles. The number of nitrogens with zero attached hydrogens (tertiary/aromatic N) is 1. The number of carbonyl (C=O) groups excluding carboxylic acids is 1. The largest absolute Gasteiger partial charge is 0.623 e. The van der Waals surface area contributed by atoms with Gasteiger partial charge in [0.2, 0.25) is 0 Å². The van der Waals surface area contributed by atoms with E-state index in [2.05, 4.69) is 0 Å². The van der Waals surface area contributed by atoms with Crippen LogP contribution < -0.4 is 0 Å². The fraction of sp³-hybridized carbons (Fsp3) is 0.357. The molecule has 0 aliphatic carbocycles. The lowest BCUT2D eigenvalue weighted by Crippen LogP contribution is -2.34. The van der Waals surface area contributed by atoms with Crippen molar-refractivity contribution in [1.82, 2.24) is 0 Å². The summed E-state index contributed by atoms with van der Waals surface area (Å²) >= 11 is 0. The summed E-state index contributed by atoms with van der Waals surface area (Å²) in [5, 5.41) is 20.7. The van der Waals surface area contributed by atoms with Crippen LogP contribution in [0.3, 0.4) is 0 Å². The molecule has 0 saturated heterocycles. The zero-order valence-electron chi connectivity index (χ0n) is 11.2. The van der Waals surface area contributed by atoms with Crippen molar-refractivity contribution in [2.24, 2.45) is 0 Å². The molecule has 0 fully saturated rings. The molecule has 1 atom stereocenters. The minimum Gasteiger partial charge on any atom is -0.623 e. The normalized spacial score (nSPS) is 12.8. The average molecular weight is 279 g/mol. The Morgan fingerprint density at radius 1 is 1.40 bits per heavy atom. The van der Waals surface area contributed by atoms with Gasteiger partial charge in [-0.2, -0.15) is 4.74 Å². The highest BCUT2D eigenvalue weighted by atomic mass is 16.5. The number of hydrogen-bond acceptors (Lipinski definition) is 4. The Kier molecular flexibility index (Phi) is 6.22. The minimum atomic E-state index is -1.15. The van der Waals surface area contributed by atoms with E-state index in [1.54, 1.807) is 37.3 Å². The molecule has 1 N–H and O–H groups in total. The van der Waals surface area contributed by atoms with Crippen molar-refractivity contribution in [2.75, 3.05) is 6.61 Å². The third-order valence-corrected chi connectivity index (χ3v) is 2.57. The molecule has 6 heteroatoms. The molecule has 0 aromatic heterocycles. The van der Waals surface area contributed by atoms with Crippen LogP contribution in [0, 0.1) is 5.21 Å². The molecule has 0 amide bonds. The maximum atomic E-state index is 12.0. The van der Waals surface area contributed by atoms with E-state index in [0.29, 0.717) is 10.3 Å². The van der Waals surface area contributed by atoms with Gasteiger partial charge in [0.05, 0.1) is 13.0 Å². The highest BCUT2D eigenvalue weighted by Gasteiger charge is 2.28. The van der Waals surface area contributed by atoms with Gasteiger partial charge in [0.15, 0.2) is 6.21 Å². The Hall–Kier alpha value is -2.37. The van der Waals surface area contributed by atoms with E-state index in [1.165, 1.54) is 6.21 Å². The summed E-state index contributed by atoms with van der Waals surface area (Å²) in [4.78, 5) is 22.3. The van der Waals surface area contributed by atoms with E-state index >= 15 is 0 Å². The second-order valence-corrected chi connectivity index (χ2v) is 4.10. The van der Waals surface area contributed by atoms with Crippen molar-refractivity contribution >= 4 is 18.2 Å². The predicted octanol–water partition coefficient (Wildman–Crippen LogP) is 1.41. The first-order valence-electron chi connectivity index (χ1n) is 6.28. The molecule has 20 heavy (non-hydrogen) atoms. The van der Waals surface area contributed by atoms with Crippen LogP contribution >= 0.6 is 0 Å². The van der Waals surface area contributed by atoms with E-state index < -0.39 is 18.0 Å². The average Bonchev–Trinajstić information content (AvgIpc) is 2.40. The number of ether oxygens (including phenoxy) is 1. The van der Waals surface area contributed by atoms with E-state index in [1.807, 2.05) is 0 Å². The van der Waals surface area contributed by atoms with Gasteiger partial charge in [-0.3, -0.25) is 4.79 Å². The van der Waals surface area contributed by atoms with Crippen molar-refractivity contribution in [1.29, 1.82) is 0 Å². The maximum absolute atomic E-state index is 12.0. The number of aliphatic carboxylic acids is 1. The molecular weight excluding hydrogens is 262 g/mol. The van der Waals surface area contributed by atoms with Crippen LogP contribution in [0.1, 0.15) is 25.3 Å². The minimum absolute atomic E-state index is 0.0962. The monoisotopic (exact) mass is 279 g/mol. The molecule has 0 bridgehead atoms. The Morgan fingerprint density at radius 3 is 2.60 bits per heavy atom. The molecule has 0 aliphatic heterocycles. The van der Waals surface area contributed by atoms with Gasteiger partial charge in [0.1, 0.15) is 0 Å². The molecule has 108 valence electrons.